The molecule has 0 saturated heterocycles. The van der Waals surface area contributed by atoms with E-state index in [0.29, 0.717) is 29.0 Å². The lowest BCUT2D eigenvalue weighted by molar-refractivity contribution is -0.134. The van der Waals surface area contributed by atoms with Gasteiger partial charge in [-0.25, -0.2) is 0 Å². The first-order valence-electron chi connectivity index (χ1n) is 10.5. The fourth-order valence-electron chi connectivity index (χ4n) is 3.91. The summed E-state index contributed by atoms with van der Waals surface area (Å²) >= 11 is 0. The number of halogens is 3. The Morgan fingerprint density at radius 1 is 1.24 bits per heavy atom. The molecule has 0 aliphatic carbocycles. The second kappa shape index (κ2) is 9.02. The average Bonchev–Trinajstić information content (AvgIpc) is 3.22. The number of alkyl halides is 3. The molecule has 10 heteroatoms. The van der Waals surface area contributed by atoms with Crippen LogP contribution in [0.15, 0.2) is 54.7 Å². The van der Waals surface area contributed by atoms with E-state index in [1.54, 1.807) is 42.5 Å². The summed E-state index contributed by atoms with van der Waals surface area (Å²) in [7, 11) is 0. The number of aromatic nitrogens is 2. The van der Waals surface area contributed by atoms with E-state index < -0.39 is 24.4 Å². The molecule has 3 aromatic rings. The molecule has 7 nitrogen and oxygen atoms in total. The molecule has 1 aromatic heterocycles. The summed E-state index contributed by atoms with van der Waals surface area (Å²) in [6.07, 6.45) is -3.97. The van der Waals surface area contributed by atoms with E-state index in [-0.39, 0.29) is 23.7 Å². The van der Waals surface area contributed by atoms with Gasteiger partial charge in [0.05, 0.1) is 36.0 Å². The smallest absolute Gasteiger partial charge is 0.322 e. The van der Waals surface area contributed by atoms with Crippen LogP contribution in [0.4, 0.5) is 24.5 Å². The fourth-order valence-corrected chi connectivity index (χ4v) is 3.91. The lowest BCUT2D eigenvalue weighted by Gasteiger charge is -2.34. The number of fused-ring (bicyclic) bond motifs is 1. The normalized spacial score (nSPS) is 15.6. The zero-order valence-electron chi connectivity index (χ0n) is 18.1. The number of rotatable bonds is 5. The summed E-state index contributed by atoms with van der Waals surface area (Å²) in [5.74, 6) is -0.975. The second-order valence-corrected chi connectivity index (χ2v) is 8.04. The highest BCUT2D eigenvalue weighted by molar-refractivity contribution is 6.15. The van der Waals surface area contributed by atoms with Gasteiger partial charge in [0.15, 0.2) is 0 Å². The number of nitrogens with one attached hydrogen (secondary N) is 1. The SMILES string of the molecule is C[C@H]1Cn2ncc(C(=O)Nc3cccc(C#N)c3)c2C(=O)N1c1ccc(CCC(F)(F)F)cc1. The van der Waals surface area contributed by atoms with Crippen LogP contribution in [-0.4, -0.2) is 33.8 Å². The lowest BCUT2D eigenvalue weighted by atomic mass is 10.1. The Hall–Kier alpha value is -4.13. The van der Waals surface area contributed by atoms with Crippen LogP contribution in [0.5, 0.6) is 0 Å². The fraction of sp³-hybridized carbons (Fsp3) is 0.250. The molecule has 4 rings (SSSR count). The van der Waals surface area contributed by atoms with Crippen molar-refractivity contribution < 1.29 is 22.8 Å². The van der Waals surface area contributed by atoms with Gasteiger partial charge in [0.1, 0.15) is 5.69 Å². The first kappa shape index (κ1) is 23.0. The van der Waals surface area contributed by atoms with E-state index in [1.807, 2.05) is 13.0 Å². The summed E-state index contributed by atoms with van der Waals surface area (Å²) in [6.45, 7) is 2.17. The summed E-state index contributed by atoms with van der Waals surface area (Å²) in [6, 6.07) is 14.5. The van der Waals surface area contributed by atoms with Gasteiger partial charge in [-0.1, -0.05) is 18.2 Å². The van der Waals surface area contributed by atoms with Gasteiger partial charge in [-0.2, -0.15) is 23.5 Å². The number of hydrogen-bond donors (Lipinski definition) is 1. The number of nitriles is 1. The van der Waals surface area contributed by atoms with E-state index in [4.69, 9.17) is 5.26 Å². The number of hydrogen-bond acceptors (Lipinski definition) is 4. The molecule has 1 aliphatic heterocycles. The molecule has 0 radical (unpaired) electrons. The third kappa shape index (κ3) is 4.78. The summed E-state index contributed by atoms with van der Waals surface area (Å²) < 4.78 is 39.0. The molecule has 174 valence electrons. The number of amides is 2. The van der Waals surface area contributed by atoms with Crippen molar-refractivity contribution in [2.45, 2.75) is 38.5 Å². The van der Waals surface area contributed by atoms with Gasteiger partial charge in [-0.3, -0.25) is 14.3 Å². The van der Waals surface area contributed by atoms with Crippen molar-refractivity contribution in [2.24, 2.45) is 0 Å². The van der Waals surface area contributed by atoms with Gasteiger partial charge in [-0.15, -0.1) is 0 Å². The molecule has 2 aromatic carbocycles. The zero-order valence-corrected chi connectivity index (χ0v) is 18.1. The van der Waals surface area contributed by atoms with Crippen molar-refractivity contribution in [3.05, 3.63) is 77.1 Å². The maximum Gasteiger partial charge on any atom is 0.389 e. The molecular weight excluding hydrogens is 447 g/mol. The molecule has 2 heterocycles. The van der Waals surface area contributed by atoms with Gasteiger partial charge in [0.2, 0.25) is 0 Å². The topological polar surface area (TPSA) is 91.0 Å². The Kier molecular flexibility index (Phi) is 6.11. The highest BCUT2D eigenvalue weighted by atomic mass is 19.4. The van der Waals surface area contributed by atoms with Crippen molar-refractivity contribution in [3.63, 3.8) is 0 Å². The molecule has 0 spiro atoms. The van der Waals surface area contributed by atoms with Gasteiger partial charge < -0.3 is 10.2 Å². The Bertz CT molecular complexity index is 1270. The number of carbonyl (C=O) groups is 2. The minimum Gasteiger partial charge on any atom is -0.322 e. The van der Waals surface area contributed by atoms with Crippen molar-refractivity contribution in [1.29, 1.82) is 5.26 Å². The largest absolute Gasteiger partial charge is 0.389 e. The molecule has 1 aliphatic rings. The predicted octanol–water partition coefficient (Wildman–Crippen LogP) is 4.55. The Labute approximate surface area is 193 Å². The molecule has 1 atom stereocenters. The molecule has 0 fully saturated rings. The lowest BCUT2D eigenvalue weighted by Crippen LogP contribution is -2.47. The van der Waals surface area contributed by atoms with E-state index in [2.05, 4.69) is 10.4 Å². The second-order valence-electron chi connectivity index (χ2n) is 8.04. The monoisotopic (exact) mass is 467 g/mol. The van der Waals surface area contributed by atoms with Crippen LogP contribution in [0.2, 0.25) is 0 Å². The van der Waals surface area contributed by atoms with Crippen molar-refractivity contribution in [1.82, 2.24) is 9.78 Å². The van der Waals surface area contributed by atoms with Crippen LogP contribution in [-0.2, 0) is 13.0 Å². The van der Waals surface area contributed by atoms with E-state index in [9.17, 15) is 22.8 Å². The van der Waals surface area contributed by atoms with Gasteiger partial charge in [0.25, 0.3) is 11.8 Å². The molecular formula is C24H20F3N5O2. The van der Waals surface area contributed by atoms with E-state index in [1.165, 1.54) is 21.8 Å². The molecule has 0 unspecified atom stereocenters. The van der Waals surface area contributed by atoms with E-state index >= 15 is 0 Å². The van der Waals surface area contributed by atoms with Crippen molar-refractivity contribution in [2.75, 3.05) is 10.2 Å². The van der Waals surface area contributed by atoms with Crippen LogP contribution >= 0.6 is 0 Å². The maximum atomic E-state index is 13.4. The third-order valence-corrected chi connectivity index (χ3v) is 5.54. The molecule has 2 amide bonds. The number of benzene rings is 2. The number of anilines is 2. The van der Waals surface area contributed by atoms with Crippen LogP contribution in [0.1, 0.15) is 45.3 Å². The van der Waals surface area contributed by atoms with Crippen LogP contribution in [0.3, 0.4) is 0 Å². The van der Waals surface area contributed by atoms with Gasteiger partial charge >= 0.3 is 6.18 Å². The zero-order chi connectivity index (χ0) is 24.5. The summed E-state index contributed by atoms with van der Waals surface area (Å²) in [4.78, 5) is 27.8. The summed E-state index contributed by atoms with van der Waals surface area (Å²) in [5.41, 5.74) is 2.03. The first-order valence-corrected chi connectivity index (χ1v) is 10.5. The minimum absolute atomic E-state index is 0.0889. The molecule has 0 bridgehead atoms. The Morgan fingerprint density at radius 3 is 2.65 bits per heavy atom. The Balaban J connectivity index is 1.56. The molecule has 34 heavy (non-hydrogen) atoms. The van der Waals surface area contributed by atoms with Crippen LogP contribution in [0, 0.1) is 11.3 Å². The Morgan fingerprint density at radius 2 is 1.97 bits per heavy atom. The van der Waals surface area contributed by atoms with Gasteiger partial charge in [0, 0.05) is 17.8 Å². The van der Waals surface area contributed by atoms with Crippen LogP contribution in [0.25, 0.3) is 0 Å². The van der Waals surface area contributed by atoms with Crippen LogP contribution < -0.4 is 10.2 Å². The van der Waals surface area contributed by atoms with Crippen molar-refractivity contribution >= 4 is 23.2 Å². The number of carbonyl (C=O) groups excluding carboxylic acids is 2. The maximum absolute atomic E-state index is 13.4. The first-order chi connectivity index (χ1) is 16.2. The van der Waals surface area contributed by atoms with Crippen molar-refractivity contribution in [3.8, 4) is 6.07 Å². The highest BCUT2D eigenvalue weighted by Gasteiger charge is 2.36. The number of nitrogens with zero attached hydrogens (tertiary/aromatic N) is 4. The highest BCUT2D eigenvalue weighted by Crippen LogP contribution is 2.28. The number of aryl methyl sites for hydroxylation is 1. The molecule has 1 N–H and O–H groups in total. The van der Waals surface area contributed by atoms with Gasteiger partial charge in [-0.05, 0) is 49.2 Å². The minimum atomic E-state index is -4.23. The summed E-state index contributed by atoms with van der Waals surface area (Å²) in [5, 5.41) is 15.9. The third-order valence-electron chi connectivity index (χ3n) is 5.54. The van der Waals surface area contributed by atoms with E-state index in [0.717, 1.165) is 0 Å². The quantitative estimate of drug-likeness (QED) is 0.596. The predicted molar refractivity (Wildman–Crippen MR) is 118 cm³/mol. The average molecular weight is 467 g/mol. The standard InChI is InChI=1S/C24H20F3N5O2/c1-15-14-31-21(20(13-29-31)22(33)30-18-4-2-3-17(11-18)12-28)23(34)32(15)19-7-5-16(6-8-19)9-10-24(25,26)27/h2-8,11,13,15H,9-10,14H2,1H3,(H,30,33)/t15-/m0/s1. The molecule has 0 saturated carbocycles.